The number of benzene rings is 1. The monoisotopic (exact) mass is 219 g/mol. The Morgan fingerprint density at radius 2 is 2.00 bits per heavy atom. The highest BCUT2D eigenvalue weighted by Crippen LogP contribution is 2.18. The molecule has 84 valence electrons. The lowest BCUT2D eigenvalue weighted by molar-refractivity contribution is -0.104. The third-order valence-electron chi connectivity index (χ3n) is 1.98. The molecule has 0 saturated heterocycles. The summed E-state index contributed by atoms with van der Waals surface area (Å²) in [5, 5.41) is 0. The van der Waals surface area contributed by atoms with Crippen LogP contribution in [0.2, 0.25) is 0 Å². The van der Waals surface area contributed by atoms with E-state index in [4.69, 9.17) is 0 Å². The molecule has 1 aromatic carbocycles. The van der Waals surface area contributed by atoms with Crippen LogP contribution in [0, 0.1) is 5.82 Å². The Morgan fingerprint density at radius 3 is 2.56 bits per heavy atom. The van der Waals surface area contributed by atoms with Crippen LogP contribution >= 0.6 is 0 Å². The molecule has 0 saturated carbocycles. The highest BCUT2D eigenvalue weighted by molar-refractivity contribution is 5.86. The molecule has 1 aromatic rings. The molecule has 0 heterocycles. The molecule has 0 aliphatic carbocycles. The minimum absolute atomic E-state index is 0.334. The number of aldehydes is 1. The predicted molar refractivity (Wildman–Crippen MR) is 63.3 cm³/mol. The van der Waals surface area contributed by atoms with E-state index in [9.17, 15) is 9.18 Å². The van der Waals surface area contributed by atoms with Gasteiger partial charge in [-0.2, -0.15) is 0 Å². The Labute approximate surface area is 94.7 Å². The van der Waals surface area contributed by atoms with Crippen molar-refractivity contribution in [3.05, 3.63) is 54.0 Å². The van der Waals surface area contributed by atoms with E-state index >= 15 is 0 Å². The number of carbonyl (C=O) groups is 1. The van der Waals surface area contributed by atoms with Gasteiger partial charge in [-0.15, -0.1) is 0 Å². The minimum atomic E-state index is -0.334. The minimum Gasteiger partial charge on any atom is -0.383 e. The first-order chi connectivity index (χ1) is 7.65. The van der Waals surface area contributed by atoms with Gasteiger partial charge in [0.2, 0.25) is 0 Å². The first-order valence-corrected chi connectivity index (χ1v) is 4.90. The Bertz CT molecular complexity index is 422. The summed E-state index contributed by atoms with van der Waals surface area (Å²) in [6.07, 6.45) is 5.47. The van der Waals surface area contributed by atoms with E-state index in [-0.39, 0.29) is 5.82 Å². The molecule has 0 aromatic heterocycles. The molecule has 3 heteroatoms. The van der Waals surface area contributed by atoms with Crippen LogP contribution in [0.25, 0.3) is 5.57 Å². The number of hydrogen-bond acceptors (Lipinski definition) is 2. The van der Waals surface area contributed by atoms with Gasteiger partial charge in [-0.25, -0.2) is 4.39 Å². The number of allylic oxidation sites excluding steroid dienone is 3. The van der Waals surface area contributed by atoms with E-state index < -0.39 is 0 Å². The summed E-state index contributed by atoms with van der Waals surface area (Å²) < 4.78 is 13.5. The number of nitrogens with zero attached hydrogens (tertiary/aromatic N) is 1. The normalized spacial score (nSPS) is 11.8. The molecule has 0 amide bonds. The molecule has 0 bridgehead atoms. The number of halogens is 1. The van der Waals surface area contributed by atoms with Crippen molar-refractivity contribution >= 4 is 11.9 Å². The summed E-state index contributed by atoms with van der Waals surface area (Å²) in [4.78, 5) is 12.3. The predicted octanol–water partition coefficient (Wildman–Crippen LogP) is 2.48. The lowest BCUT2D eigenvalue weighted by Gasteiger charge is -2.06. The summed E-state index contributed by atoms with van der Waals surface area (Å²) in [5.41, 5.74) is 0.981. The third-order valence-corrected chi connectivity index (χ3v) is 1.98. The van der Waals surface area contributed by atoms with Crippen LogP contribution in [0.15, 0.2) is 42.6 Å². The van der Waals surface area contributed by atoms with Crippen molar-refractivity contribution in [3.8, 4) is 0 Å². The van der Waals surface area contributed by atoms with Gasteiger partial charge in [0.15, 0.2) is 0 Å². The molecule has 0 spiro atoms. The van der Waals surface area contributed by atoms with E-state index in [1.165, 1.54) is 12.1 Å². The van der Waals surface area contributed by atoms with Gasteiger partial charge in [0.1, 0.15) is 12.1 Å². The van der Waals surface area contributed by atoms with Gasteiger partial charge in [0.25, 0.3) is 0 Å². The Balaban J connectivity index is 3.09. The summed E-state index contributed by atoms with van der Waals surface area (Å²) in [6.45, 7) is 0. The van der Waals surface area contributed by atoms with Gasteiger partial charge in [-0.05, 0) is 30.0 Å². The maximum atomic E-state index is 13.5. The molecular formula is C13H14FNO. The Kier molecular flexibility index (Phi) is 4.45. The second-order valence-electron chi connectivity index (χ2n) is 3.52. The van der Waals surface area contributed by atoms with Gasteiger partial charge in [0.05, 0.1) is 0 Å². The molecular weight excluding hydrogens is 205 g/mol. The fourth-order valence-electron chi connectivity index (χ4n) is 1.23. The lowest BCUT2D eigenvalue weighted by Crippen LogP contribution is -2.00. The van der Waals surface area contributed by atoms with Gasteiger partial charge < -0.3 is 4.90 Å². The van der Waals surface area contributed by atoms with Gasteiger partial charge in [0, 0.05) is 19.7 Å². The molecule has 0 fully saturated rings. The molecule has 0 unspecified atom stereocenters. The maximum absolute atomic E-state index is 13.5. The third kappa shape index (κ3) is 3.35. The van der Waals surface area contributed by atoms with Gasteiger partial charge >= 0.3 is 0 Å². The summed E-state index contributed by atoms with van der Waals surface area (Å²) in [7, 11) is 3.72. The van der Waals surface area contributed by atoms with Crippen LogP contribution in [-0.2, 0) is 4.79 Å². The second kappa shape index (κ2) is 5.85. The van der Waals surface area contributed by atoms with Gasteiger partial charge in [-0.1, -0.05) is 18.2 Å². The molecule has 0 radical (unpaired) electrons. The molecule has 16 heavy (non-hydrogen) atoms. The van der Waals surface area contributed by atoms with Crippen LogP contribution in [0.3, 0.4) is 0 Å². The number of hydrogen-bond donors (Lipinski definition) is 0. The lowest BCUT2D eigenvalue weighted by atomic mass is 10.1. The number of rotatable bonds is 4. The second-order valence-corrected chi connectivity index (χ2v) is 3.52. The van der Waals surface area contributed by atoms with Crippen LogP contribution in [0.1, 0.15) is 5.56 Å². The molecule has 2 nitrogen and oxygen atoms in total. The van der Waals surface area contributed by atoms with Crippen LogP contribution < -0.4 is 0 Å². The van der Waals surface area contributed by atoms with Crippen molar-refractivity contribution in [1.82, 2.24) is 4.90 Å². The van der Waals surface area contributed by atoms with Crippen molar-refractivity contribution in [2.24, 2.45) is 0 Å². The van der Waals surface area contributed by atoms with Crippen molar-refractivity contribution < 1.29 is 9.18 Å². The summed E-state index contributed by atoms with van der Waals surface area (Å²) >= 11 is 0. The molecule has 0 N–H and O–H groups in total. The molecule has 0 atom stereocenters. The highest BCUT2D eigenvalue weighted by Gasteiger charge is 2.03. The average Bonchev–Trinajstić information content (AvgIpc) is 2.25. The smallest absolute Gasteiger partial charge is 0.143 e. The van der Waals surface area contributed by atoms with Crippen molar-refractivity contribution in [1.29, 1.82) is 0 Å². The number of carbonyl (C=O) groups excluding carboxylic acids is 1. The van der Waals surface area contributed by atoms with Crippen molar-refractivity contribution in [2.45, 2.75) is 0 Å². The Hall–Kier alpha value is -1.90. The SMILES string of the molecule is CN(C)C=C/C(=C\C=O)c1ccccc1F. The summed E-state index contributed by atoms with van der Waals surface area (Å²) in [5.74, 6) is -0.334. The quantitative estimate of drug-likeness (QED) is 0.440. The zero-order chi connectivity index (χ0) is 12.0. The Morgan fingerprint density at radius 1 is 1.31 bits per heavy atom. The molecule has 1 rings (SSSR count). The van der Waals surface area contributed by atoms with E-state index in [0.717, 1.165) is 0 Å². The van der Waals surface area contributed by atoms with E-state index in [1.54, 1.807) is 30.5 Å². The molecule has 0 aliphatic rings. The van der Waals surface area contributed by atoms with E-state index in [2.05, 4.69) is 0 Å². The zero-order valence-electron chi connectivity index (χ0n) is 9.35. The average molecular weight is 219 g/mol. The first kappa shape index (κ1) is 12.2. The van der Waals surface area contributed by atoms with Crippen LogP contribution in [-0.4, -0.2) is 25.3 Å². The van der Waals surface area contributed by atoms with Crippen LogP contribution in [0.5, 0.6) is 0 Å². The zero-order valence-corrected chi connectivity index (χ0v) is 9.35. The summed E-state index contributed by atoms with van der Waals surface area (Å²) in [6, 6.07) is 6.37. The van der Waals surface area contributed by atoms with E-state index in [0.29, 0.717) is 17.4 Å². The van der Waals surface area contributed by atoms with Gasteiger partial charge in [-0.3, -0.25) is 4.79 Å². The first-order valence-electron chi connectivity index (χ1n) is 4.90. The fourth-order valence-corrected chi connectivity index (χ4v) is 1.23. The molecule has 0 aliphatic heterocycles. The largest absolute Gasteiger partial charge is 0.383 e. The van der Waals surface area contributed by atoms with Crippen LogP contribution in [0.4, 0.5) is 4.39 Å². The van der Waals surface area contributed by atoms with Crippen molar-refractivity contribution in [2.75, 3.05) is 14.1 Å². The van der Waals surface area contributed by atoms with Crippen molar-refractivity contribution in [3.63, 3.8) is 0 Å². The topological polar surface area (TPSA) is 20.3 Å². The maximum Gasteiger partial charge on any atom is 0.143 e. The fraction of sp³-hybridized carbons (Fsp3) is 0.154. The standard InChI is InChI=1S/C13H14FNO/c1-15(2)9-7-11(8-10-16)12-5-3-4-6-13(12)14/h3-10H,1-2H3/b9-7?,11-8+. The van der Waals surface area contributed by atoms with E-state index in [1.807, 2.05) is 19.0 Å². The highest BCUT2D eigenvalue weighted by atomic mass is 19.1.